The topological polar surface area (TPSA) is 38.8 Å². The highest BCUT2D eigenvalue weighted by Crippen LogP contribution is 2.36. The van der Waals surface area contributed by atoms with Gasteiger partial charge in [0.15, 0.2) is 8.32 Å². The van der Waals surface area contributed by atoms with Gasteiger partial charge in [0, 0.05) is 6.20 Å². The highest BCUT2D eigenvalue weighted by molar-refractivity contribution is 6.74. The number of ether oxygens (including phenoxy) is 1. The van der Waals surface area contributed by atoms with Gasteiger partial charge in [0.25, 0.3) is 0 Å². The molecule has 0 spiro atoms. The third-order valence-corrected chi connectivity index (χ3v) is 7.92. The van der Waals surface area contributed by atoms with Crippen LogP contribution < -0.4 is 0 Å². The molecule has 0 bridgehead atoms. The molecule has 4 nitrogen and oxygen atoms in total. The van der Waals surface area contributed by atoms with Gasteiger partial charge < -0.3 is 9.16 Å². The van der Waals surface area contributed by atoms with Crippen molar-refractivity contribution in [3.05, 3.63) is 12.3 Å². The Bertz CT molecular complexity index is 307. The van der Waals surface area contributed by atoms with Crippen LogP contribution in [0.3, 0.4) is 0 Å². The predicted octanol–water partition coefficient (Wildman–Crippen LogP) is 2.97. The predicted molar refractivity (Wildman–Crippen MR) is 70.3 cm³/mol. The van der Waals surface area contributed by atoms with Crippen molar-refractivity contribution in [1.82, 2.24) is 4.90 Å². The van der Waals surface area contributed by atoms with E-state index >= 15 is 0 Å². The first kappa shape index (κ1) is 14.2. The molecule has 1 rings (SSSR count). The lowest BCUT2D eigenvalue weighted by molar-refractivity contribution is 0.166. The Kier molecular flexibility index (Phi) is 4.38. The molecule has 1 saturated heterocycles. The van der Waals surface area contributed by atoms with Gasteiger partial charge in [-0.2, -0.15) is 0 Å². The minimum atomic E-state index is -1.68. The van der Waals surface area contributed by atoms with Gasteiger partial charge in [-0.1, -0.05) is 20.8 Å². The fraction of sp³-hybridized carbons (Fsp3) is 0.750. The average Bonchev–Trinajstić information content (AvgIpc) is 2.57. The normalized spacial score (nSPS) is 17.9. The summed E-state index contributed by atoms with van der Waals surface area (Å²) < 4.78 is 10.8. The number of rotatable bonds is 4. The summed E-state index contributed by atoms with van der Waals surface area (Å²) in [6.45, 7) is 12.7. The second kappa shape index (κ2) is 5.22. The van der Waals surface area contributed by atoms with E-state index in [0.29, 0.717) is 19.8 Å². The van der Waals surface area contributed by atoms with Crippen molar-refractivity contribution < 1.29 is 14.0 Å². The summed E-state index contributed by atoms with van der Waals surface area (Å²) >= 11 is 0. The van der Waals surface area contributed by atoms with E-state index in [9.17, 15) is 4.79 Å². The fourth-order valence-electron chi connectivity index (χ4n) is 1.18. The first-order chi connectivity index (χ1) is 7.74. The van der Waals surface area contributed by atoms with Crippen molar-refractivity contribution in [2.24, 2.45) is 0 Å². The highest BCUT2D eigenvalue weighted by atomic mass is 28.4. The van der Waals surface area contributed by atoms with Crippen LogP contribution in [0.5, 0.6) is 0 Å². The minimum absolute atomic E-state index is 0.216. The Balaban J connectivity index is 2.37. The quantitative estimate of drug-likeness (QED) is 0.727. The summed E-state index contributed by atoms with van der Waals surface area (Å²) in [6.07, 6.45) is 3.36. The third kappa shape index (κ3) is 3.85. The van der Waals surface area contributed by atoms with Crippen LogP contribution in [-0.4, -0.2) is 39.1 Å². The van der Waals surface area contributed by atoms with E-state index in [1.807, 2.05) is 6.08 Å². The van der Waals surface area contributed by atoms with Crippen molar-refractivity contribution >= 4 is 14.4 Å². The maximum Gasteiger partial charge on any atom is 0.413 e. The summed E-state index contributed by atoms with van der Waals surface area (Å²) in [4.78, 5) is 12.7. The third-order valence-electron chi connectivity index (χ3n) is 3.42. The van der Waals surface area contributed by atoms with E-state index in [-0.39, 0.29) is 11.1 Å². The SMILES string of the molecule is CC(C)(C)[Si](C)(C)OC/C=C\N1CCOC1=O. The van der Waals surface area contributed by atoms with Crippen LogP contribution in [0.25, 0.3) is 0 Å². The highest BCUT2D eigenvalue weighted by Gasteiger charge is 2.36. The molecular formula is C12H23NO3Si. The smallest absolute Gasteiger partial charge is 0.413 e. The van der Waals surface area contributed by atoms with Gasteiger partial charge in [-0.3, -0.25) is 4.90 Å². The molecule has 0 aromatic heterocycles. The van der Waals surface area contributed by atoms with E-state index < -0.39 is 8.32 Å². The molecule has 0 atom stereocenters. The Morgan fingerprint density at radius 2 is 2.12 bits per heavy atom. The van der Waals surface area contributed by atoms with Crippen LogP contribution in [0.1, 0.15) is 20.8 Å². The lowest BCUT2D eigenvalue weighted by Crippen LogP contribution is -2.40. The molecule has 0 N–H and O–H groups in total. The summed E-state index contributed by atoms with van der Waals surface area (Å²) in [5.41, 5.74) is 0. The molecule has 98 valence electrons. The molecule has 0 aromatic carbocycles. The van der Waals surface area contributed by atoms with Crippen LogP contribution in [0, 0.1) is 0 Å². The Morgan fingerprint density at radius 3 is 2.59 bits per heavy atom. The van der Waals surface area contributed by atoms with E-state index in [1.54, 1.807) is 11.1 Å². The lowest BCUT2D eigenvalue weighted by atomic mass is 10.2. The zero-order chi connectivity index (χ0) is 13.1. The van der Waals surface area contributed by atoms with Crippen molar-refractivity contribution in [3.8, 4) is 0 Å². The number of carbonyl (C=O) groups is 1. The molecule has 0 saturated carbocycles. The van der Waals surface area contributed by atoms with E-state index in [0.717, 1.165) is 0 Å². The number of hydrogen-bond donors (Lipinski definition) is 0. The van der Waals surface area contributed by atoms with Gasteiger partial charge in [-0.05, 0) is 24.2 Å². The summed E-state index contributed by atoms with van der Waals surface area (Å²) in [5, 5.41) is 0.216. The lowest BCUT2D eigenvalue weighted by Gasteiger charge is -2.35. The van der Waals surface area contributed by atoms with Crippen molar-refractivity contribution in [2.75, 3.05) is 19.8 Å². The number of nitrogens with zero attached hydrogens (tertiary/aromatic N) is 1. The number of hydrogen-bond acceptors (Lipinski definition) is 3. The standard InChI is InChI=1S/C12H23NO3Si/c1-12(2,3)17(4,5)16-9-6-7-13-8-10-15-11(13)14/h6-7H,8-10H2,1-5H3/b7-6-. The first-order valence-corrected chi connectivity index (χ1v) is 8.89. The summed E-state index contributed by atoms with van der Waals surface area (Å²) in [6, 6.07) is 0. The molecule has 17 heavy (non-hydrogen) atoms. The molecule has 1 aliphatic heterocycles. The maximum absolute atomic E-state index is 11.1. The minimum Gasteiger partial charge on any atom is -0.447 e. The van der Waals surface area contributed by atoms with Crippen LogP contribution in [-0.2, 0) is 9.16 Å². The first-order valence-electron chi connectivity index (χ1n) is 5.98. The van der Waals surface area contributed by atoms with Crippen LogP contribution in [0.15, 0.2) is 12.3 Å². The van der Waals surface area contributed by atoms with E-state index in [1.165, 1.54) is 0 Å². The van der Waals surface area contributed by atoms with E-state index in [4.69, 9.17) is 9.16 Å². The number of amides is 1. The molecule has 0 aliphatic carbocycles. The van der Waals surface area contributed by atoms with Crippen LogP contribution in [0.4, 0.5) is 4.79 Å². The molecule has 1 heterocycles. The monoisotopic (exact) mass is 257 g/mol. The Morgan fingerprint density at radius 1 is 1.47 bits per heavy atom. The average molecular weight is 257 g/mol. The molecule has 0 aromatic rings. The molecule has 1 fully saturated rings. The van der Waals surface area contributed by atoms with Gasteiger partial charge in [-0.25, -0.2) is 4.79 Å². The van der Waals surface area contributed by atoms with Gasteiger partial charge in [-0.15, -0.1) is 0 Å². The van der Waals surface area contributed by atoms with E-state index in [2.05, 4.69) is 33.9 Å². The maximum atomic E-state index is 11.1. The van der Waals surface area contributed by atoms with Crippen molar-refractivity contribution in [3.63, 3.8) is 0 Å². The summed E-state index contributed by atoms with van der Waals surface area (Å²) in [7, 11) is -1.68. The molecule has 0 radical (unpaired) electrons. The number of cyclic esters (lactones) is 1. The van der Waals surface area contributed by atoms with Gasteiger partial charge in [0.1, 0.15) is 6.61 Å². The second-order valence-electron chi connectivity index (χ2n) is 5.76. The van der Waals surface area contributed by atoms with Gasteiger partial charge >= 0.3 is 6.09 Å². The van der Waals surface area contributed by atoms with Crippen molar-refractivity contribution in [2.45, 2.75) is 38.9 Å². The molecule has 1 aliphatic rings. The zero-order valence-electron chi connectivity index (χ0n) is 11.4. The number of carbonyl (C=O) groups excluding carboxylic acids is 1. The van der Waals surface area contributed by atoms with Crippen LogP contribution in [0.2, 0.25) is 18.1 Å². The molecule has 1 amide bonds. The Hall–Kier alpha value is -0.813. The molecule has 5 heteroatoms. The van der Waals surface area contributed by atoms with Gasteiger partial charge in [0.05, 0.1) is 13.2 Å². The zero-order valence-corrected chi connectivity index (χ0v) is 12.4. The van der Waals surface area contributed by atoms with Gasteiger partial charge in [0.2, 0.25) is 0 Å². The summed E-state index contributed by atoms with van der Waals surface area (Å²) in [5.74, 6) is 0. The largest absolute Gasteiger partial charge is 0.447 e. The fourth-order valence-corrected chi connectivity index (χ4v) is 2.13. The Labute approximate surface area is 105 Å². The molecular weight excluding hydrogens is 234 g/mol. The van der Waals surface area contributed by atoms with Crippen LogP contribution >= 0.6 is 0 Å². The molecule has 0 unspecified atom stereocenters. The van der Waals surface area contributed by atoms with Crippen molar-refractivity contribution in [1.29, 1.82) is 0 Å². The second-order valence-corrected chi connectivity index (χ2v) is 10.6.